The lowest BCUT2D eigenvalue weighted by Gasteiger charge is -2.36. The molecule has 0 fully saturated rings. The second-order valence-corrected chi connectivity index (χ2v) is 5.94. The number of benzene rings is 2. The number of carbonyl (C=O) groups excluding carboxylic acids is 1. The number of nitrogen functional groups attached to an aromatic ring is 1. The van der Waals surface area contributed by atoms with E-state index in [9.17, 15) is 13.6 Å². The third-order valence-corrected chi connectivity index (χ3v) is 4.36. The molecule has 0 aromatic heterocycles. The standard InChI is InChI=1S/C18H19F2N3O/c1-11(18(24)22-12-7-8-14(19)15(20)10-12)23-9-3-4-13-16(21)5-2-6-17(13)23/h2,5-8,10-11H,3-4,9,21H2,1H3,(H,22,24). The molecule has 2 aromatic carbocycles. The maximum absolute atomic E-state index is 13.3. The van der Waals surface area contributed by atoms with Gasteiger partial charge in [-0.2, -0.15) is 0 Å². The van der Waals surface area contributed by atoms with Gasteiger partial charge in [0.05, 0.1) is 0 Å². The molecule has 126 valence electrons. The molecule has 6 heteroatoms. The van der Waals surface area contributed by atoms with Crippen molar-refractivity contribution in [3.8, 4) is 0 Å². The highest BCUT2D eigenvalue weighted by Gasteiger charge is 2.27. The van der Waals surface area contributed by atoms with E-state index in [0.717, 1.165) is 48.5 Å². The fourth-order valence-corrected chi connectivity index (χ4v) is 3.04. The van der Waals surface area contributed by atoms with Gasteiger partial charge in [-0.25, -0.2) is 8.78 Å². The average molecular weight is 331 g/mol. The number of nitrogens with zero attached hydrogens (tertiary/aromatic N) is 1. The predicted molar refractivity (Wildman–Crippen MR) is 91.0 cm³/mol. The second-order valence-electron chi connectivity index (χ2n) is 5.94. The highest BCUT2D eigenvalue weighted by atomic mass is 19.2. The fraction of sp³-hybridized carbons (Fsp3) is 0.278. The van der Waals surface area contributed by atoms with Gasteiger partial charge in [0, 0.05) is 29.7 Å². The first kappa shape index (κ1) is 16.2. The lowest BCUT2D eigenvalue weighted by molar-refractivity contribution is -0.117. The maximum Gasteiger partial charge on any atom is 0.246 e. The average Bonchev–Trinajstić information content (AvgIpc) is 2.57. The van der Waals surface area contributed by atoms with Crippen molar-refractivity contribution in [1.82, 2.24) is 0 Å². The van der Waals surface area contributed by atoms with Crippen LogP contribution < -0.4 is 16.0 Å². The monoisotopic (exact) mass is 331 g/mol. The van der Waals surface area contributed by atoms with Crippen molar-refractivity contribution in [2.75, 3.05) is 22.5 Å². The first-order valence-corrected chi connectivity index (χ1v) is 7.87. The minimum absolute atomic E-state index is 0.232. The lowest BCUT2D eigenvalue weighted by Crippen LogP contribution is -2.44. The summed E-state index contributed by atoms with van der Waals surface area (Å²) in [5.41, 5.74) is 8.99. The van der Waals surface area contributed by atoms with Crippen molar-refractivity contribution >= 4 is 23.0 Å². The summed E-state index contributed by atoms with van der Waals surface area (Å²) < 4.78 is 26.3. The molecule has 0 aliphatic carbocycles. The molecule has 0 saturated heterocycles. The lowest BCUT2D eigenvalue weighted by atomic mass is 9.98. The summed E-state index contributed by atoms with van der Waals surface area (Å²) in [6.45, 7) is 2.52. The molecule has 0 radical (unpaired) electrons. The SMILES string of the molecule is CC(C(=O)Nc1ccc(F)c(F)c1)N1CCCc2c(N)cccc21. The van der Waals surface area contributed by atoms with Crippen LogP contribution in [0.15, 0.2) is 36.4 Å². The topological polar surface area (TPSA) is 58.4 Å². The largest absolute Gasteiger partial charge is 0.398 e. The van der Waals surface area contributed by atoms with Gasteiger partial charge in [0.15, 0.2) is 11.6 Å². The second kappa shape index (κ2) is 6.47. The molecule has 2 aromatic rings. The van der Waals surface area contributed by atoms with E-state index < -0.39 is 17.7 Å². The highest BCUT2D eigenvalue weighted by molar-refractivity contribution is 5.97. The normalized spacial score (nSPS) is 14.9. The van der Waals surface area contributed by atoms with Crippen molar-refractivity contribution < 1.29 is 13.6 Å². The minimum atomic E-state index is -0.989. The minimum Gasteiger partial charge on any atom is -0.398 e. The quantitative estimate of drug-likeness (QED) is 0.848. The molecule has 0 spiro atoms. The molecule has 3 rings (SSSR count). The zero-order valence-electron chi connectivity index (χ0n) is 13.4. The Morgan fingerprint density at radius 1 is 1.25 bits per heavy atom. The van der Waals surface area contributed by atoms with Crippen LogP contribution >= 0.6 is 0 Å². The Morgan fingerprint density at radius 2 is 2.04 bits per heavy atom. The Balaban J connectivity index is 1.79. The van der Waals surface area contributed by atoms with E-state index in [1.807, 2.05) is 23.1 Å². The van der Waals surface area contributed by atoms with E-state index in [1.54, 1.807) is 6.92 Å². The van der Waals surface area contributed by atoms with E-state index in [0.29, 0.717) is 0 Å². The molecule has 1 unspecified atom stereocenters. The van der Waals surface area contributed by atoms with Crippen LogP contribution in [0.4, 0.5) is 25.8 Å². The van der Waals surface area contributed by atoms with E-state index in [2.05, 4.69) is 5.32 Å². The maximum atomic E-state index is 13.3. The Hall–Kier alpha value is -2.63. The molecule has 1 atom stereocenters. The van der Waals surface area contributed by atoms with Gasteiger partial charge in [-0.15, -0.1) is 0 Å². The summed E-state index contributed by atoms with van der Waals surface area (Å²) in [5.74, 6) is -2.21. The van der Waals surface area contributed by atoms with E-state index in [-0.39, 0.29) is 11.6 Å². The van der Waals surface area contributed by atoms with Crippen molar-refractivity contribution in [3.63, 3.8) is 0 Å². The van der Waals surface area contributed by atoms with Crippen molar-refractivity contribution in [1.29, 1.82) is 0 Å². The number of anilines is 3. The first-order chi connectivity index (χ1) is 11.5. The van der Waals surface area contributed by atoms with E-state index >= 15 is 0 Å². The van der Waals surface area contributed by atoms with Gasteiger partial charge in [-0.3, -0.25) is 4.79 Å². The number of amides is 1. The number of nitrogens with one attached hydrogen (secondary N) is 1. The number of carbonyl (C=O) groups is 1. The van der Waals surface area contributed by atoms with Crippen LogP contribution in [0.3, 0.4) is 0 Å². The summed E-state index contributed by atoms with van der Waals surface area (Å²) in [7, 11) is 0. The van der Waals surface area contributed by atoms with Crippen LogP contribution in [0.25, 0.3) is 0 Å². The molecule has 1 aliphatic rings. The van der Waals surface area contributed by atoms with Crippen molar-refractivity contribution in [2.45, 2.75) is 25.8 Å². The molecule has 1 aliphatic heterocycles. The Labute approximate surface area is 139 Å². The van der Waals surface area contributed by atoms with Crippen LogP contribution in [0.1, 0.15) is 18.9 Å². The van der Waals surface area contributed by atoms with Gasteiger partial charge in [0.2, 0.25) is 5.91 Å². The summed E-state index contributed by atoms with van der Waals surface area (Å²) in [6.07, 6.45) is 1.79. The van der Waals surface area contributed by atoms with Gasteiger partial charge >= 0.3 is 0 Å². The van der Waals surface area contributed by atoms with E-state index in [4.69, 9.17) is 5.73 Å². The van der Waals surface area contributed by atoms with Gasteiger partial charge in [0.25, 0.3) is 0 Å². The Kier molecular flexibility index (Phi) is 4.38. The zero-order valence-corrected chi connectivity index (χ0v) is 13.4. The Bertz CT molecular complexity index is 779. The first-order valence-electron chi connectivity index (χ1n) is 7.87. The van der Waals surface area contributed by atoms with Crippen LogP contribution in [-0.2, 0) is 11.2 Å². The molecular weight excluding hydrogens is 312 g/mol. The van der Waals surface area contributed by atoms with Gasteiger partial charge in [0.1, 0.15) is 6.04 Å². The molecule has 0 saturated carbocycles. The number of hydrogen-bond donors (Lipinski definition) is 2. The van der Waals surface area contributed by atoms with Gasteiger partial charge < -0.3 is 16.0 Å². The fourth-order valence-electron chi connectivity index (χ4n) is 3.04. The molecule has 1 heterocycles. The van der Waals surface area contributed by atoms with Gasteiger partial charge in [-0.1, -0.05) is 6.07 Å². The van der Waals surface area contributed by atoms with Crippen molar-refractivity contribution in [2.24, 2.45) is 0 Å². The summed E-state index contributed by atoms with van der Waals surface area (Å²) in [4.78, 5) is 14.5. The zero-order chi connectivity index (χ0) is 17.3. The molecule has 4 nitrogen and oxygen atoms in total. The molecule has 24 heavy (non-hydrogen) atoms. The number of fused-ring (bicyclic) bond motifs is 1. The molecular formula is C18H19F2N3O. The summed E-state index contributed by atoms with van der Waals surface area (Å²) >= 11 is 0. The molecule has 3 N–H and O–H groups in total. The number of halogens is 2. The number of nitrogens with two attached hydrogens (primary N) is 1. The van der Waals surface area contributed by atoms with Crippen LogP contribution in [-0.4, -0.2) is 18.5 Å². The number of rotatable bonds is 3. The number of hydrogen-bond acceptors (Lipinski definition) is 3. The van der Waals surface area contributed by atoms with Gasteiger partial charge in [-0.05, 0) is 49.6 Å². The molecule has 0 bridgehead atoms. The van der Waals surface area contributed by atoms with Crippen molar-refractivity contribution in [3.05, 3.63) is 53.6 Å². The van der Waals surface area contributed by atoms with Crippen LogP contribution in [0.2, 0.25) is 0 Å². The predicted octanol–water partition coefficient (Wildman–Crippen LogP) is 3.33. The third kappa shape index (κ3) is 3.04. The highest BCUT2D eigenvalue weighted by Crippen LogP contribution is 2.32. The third-order valence-electron chi connectivity index (χ3n) is 4.36. The van der Waals surface area contributed by atoms with Crippen LogP contribution in [0, 0.1) is 11.6 Å². The summed E-state index contributed by atoms with van der Waals surface area (Å²) in [5, 5.41) is 2.63. The smallest absolute Gasteiger partial charge is 0.246 e. The summed E-state index contributed by atoms with van der Waals surface area (Å²) in [6, 6.07) is 8.52. The van der Waals surface area contributed by atoms with Crippen LogP contribution in [0.5, 0.6) is 0 Å². The van der Waals surface area contributed by atoms with E-state index in [1.165, 1.54) is 6.07 Å². The molecule has 1 amide bonds. The Morgan fingerprint density at radius 3 is 2.79 bits per heavy atom.